The summed E-state index contributed by atoms with van der Waals surface area (Å²) in [4.78, 5) is 9.28. The van der Waals surface area contributed by atoms with E-state index in [9.17, 15) is 0 Å². The van der Waals surface area contributed by atoms with Crippen LogP contribution in [0.5, 0.6) is 0 Å². The molecule has 0 fully saturated rings. The second-order valence-electron chi connectivity index (χ2n) is 5.96. The van der Waals surface area contributed by atoms with Crippen molar-refractivity contribution in [3.05, 3.63) is 22.8 Å². The minimum Gasteiger partial charge on any atom is -0.374 e. The third kappa shape index (κ3) is 4.00. The molecule has 0 bridgehead atoms. The Bertz CT molecular complexity index is 446. The second-order valence-corrected chi connectivity index (χ2v) is 5.96. The van der Waals surface area contributed by atoms with Crippen molar-refractivity contribution in [3.63, 3.8) is 0 Å². The van der Waals surface area contributed by atoms with Crippen molar-refractivity contribution in [3.8, 4) is 0 Å². The fraction of sp³-hybridized carbons (Fsp3) is 0.750. The predicted molar refractivity (Wildman–Crippen MR) is 80.8 cm³/mol. The van der Waals surface area contributed by atoms with Crippen LogP contribution in [0.2, 0.25) is 0 Å². The molecule has 4 heteroatoms. The van der Waals surface area contributed by atoms with Gasteiger partial charge in [0, 0.05) is 24.0 Å². The monoisotopic (exact) mass is 277 g/mol. The van der Waals surface area contributed by atoms with Crippen LogP contribution in [0.3, 0.4) is 0 Å². The Morgan fingerprint density at radius 1 is 1.35 bits per heavy atom. The van der Waals surface area contributed by atoms with Crippen molar-refractivity contribution in [1.29, 1.82) is 0 Å². The Morgan fingerprint density at radius 2 is 2.15 bits per heavy atom. The van der Waals surface area contributed by atoms with E-state index in [0.29, 0.717) is 25.2 Å². The largest absolute Gasteiger partial charge is 0.374 e. The third-order valence-electron chi connectivity index (χ3n) is 3.88. The zero-order valence-corrected chi connectivity index (χ0v) is 13.2. The second kappa shape index (κ2) is 7.14. The molecular formula is C16H27N3O. The number of fused-ring (bicyclic) bond motifs is 1. The smallest absolute Gasteiger partial charge is 0.154 e. The molecule has 112 valence electrons. The van der Waals surface area contributed by atoms with Crippen molar-refractivity contribution < 1.29 is 4.74 Å². The number of nitrogens with one attached hydrogen (secondary N) is 1. The molecule has 1 heterocycles. The first kappa shape index (κ1) is 15.4. The van der Waals surface area contributed by atoms with Gasteiger partial charge in [-0.15, -0.1) is 0 Å². The molecule has 0 aromatic carbocycles. The first-order valence-electron chi connectivity index (χ1n) is 7.76. The van der Waals surface area contributed by atoms with E-state index in [0.717, 1.165) is 30.9 Å². The van der Waals surface area contributed by atoms with Gasteiger partial charge in [0.2, 0.25) is 0 Å². The van der Waals surface area contributed by atoms with E-state index in [4.69, 9.17) is 4.74 Å². The molecule has 1 N–H and O–H groups in total. The normalized spacial score (nSPS) is 18.4. The molecule has 1 unspecified atom stereocenters. The highest BCUT2D eigenvalue weighted by atomic mass is 16.5. The topological polar surface area (TPSA) is 47.0 Å². The summed E-state index contributed by atoms with van der Waals surface area (Å²) >= 11 is 0. The molecule has 0 saturated heterocycles. The van der Waals surface area contributed by atoms with Crippen molar-refractivity contribution in [2.24, 2.45) is 5.92 Å². The summed E-state index contributed by atoms with van der Waals surface area (Å²) in [5, 5.41) is 3.54. The van der Waals surface area contributed by atoms with E-state index in [1.807, 2.05) is 6.92 Å². The number of nitrogens with zero attached hydrogens (tertiary/aromatic N) is 2. The molecule has 1 aliphatic rings. The number of aryl methyl sites for hydroxylation is 2. The summed E-state index contributed by atoms with van der Waals surface area (Å²) in [6.07, 6.45) is 3.40. The molecule has 1 aliphatic carbocycles. The predicted octanol–water partition coefficient (Wildman–Crippen LogP) is 2.42. The summed E-state index contributed by atoms with van der Waals surface area (Å²) in [7, 11) is 0. The first-order valence-corrected chi connectivity index (χ1v) is 7.76. The standard InChI is InChI=1S/C16H27N3O/c1-5-20-10-16-18-12(4)14-8-13(9-17-11(2)3)6-7-15(14)19-16/h11,13,17H,5-10H2,1-4H3. The summed E-state index contributed by atoms with van der Waals surface area (Å²) < 4.78 is 5.42. The van der Waals surface area contributed by atoms with Crippen molar-refractivity contribution in [2.45, 2.75) is 59.6 Å². The lowest BCUT2D eigenvalue weighted by atomic mass is 9.85. The number of ether oxygens (including phenoxy) is 1. The zero-order valence-electron chi connectivity index (χ0n) is 13.2. The van der Waals surface area contributed by atoms with Crippen LogP contribution in [-0.4, -0.2) is 29.2 Å². The number of hydrogen-bond acceptors (Lipinski definition) is 4. The lowest BCUT2D eigenvalue weighted by molar-refractivity contribution is 0.128. The van der Waals surface area contributed by atoms with Crippen LogP contribution in [0.25, 0.3) is 0 Å². The van der Waals surface area contributed by atoms with Crippen LogP contribution in [0, 0.1) is 12.8 Å². The number of aromatic nitrogens is 2. The van der Waals surface area contributed by atoms with E-state index in [-0.39, 0.29) is 0 Å². The van der Waals surface area contributed by atoms with E-state index in [2.05, 4.69) is 36.1 Å². The maximum atomic E-state index is 5.42. The van der Waals surface area contributed by atoms with Gasteiger partial charge in [-0.1, -0.05) is 13.8 Å². The lowest BCUT2D eigenvalue weighted by Gasteiger charge is -2.26. The number of rotatable bonds is 6. The first-order chi connectivity index (χ1) is 9.60. The quantitative estimate of drug-likeness (QED) is 0.867. The van der Waals surface area contributed by atoms with Crippen LogP contribution in [-0.2, 0) is 24.2 Å². The van der Waals surface area contributed by atoms with Gasteiger partial charge in [-0.3, -0.25) is 0 Å². The van der Waals surface area contributed by atoms with Gasteiger partial charge in [-0.2, -0.15) is 0 Å². The average molecular weight is 277 g/mol. The van der Waals surface area contributed by atoms with Gasteiger partial charge in [-0.25, -0.2) is 9.97 Å². The van der Waals surface area contributed by atoms with Gasteiger partial charge in [0.1, 0.15) is 6.61 Å². The molecule has 0 spiro atoms. The van der Waals surface area contributed by atoms with Gasteiger partial charge in [0.15, 0.2) is 5.82 Å². The van der Waals surface area contributed by atoms with Crippen LogP contribution in [0.15, 0.2) is 0 Å². The Kier molecular flexibility index (Phi) is 5.49. The molecule has 0 amide bonds. The highest BCUT2D eigenvalue weighted by Gasteiger charge is 2.22. The van der Waals surface area contributed by atoms with E-state index in [1.54, 1.807) is 0 Å². The van der Waals surface area contributed by atoms with Gasteiger partial charge >= 0.3 is 0 Å². The highest BCUT2D eigenvalue weighted by molar-refractivity contribution is 5.28. The molecule has 0 radical (unpaired) electrons. The molecule has 0 aliphatic heterocycles. The Morgan fingerprint density at radius 3 is 2.85 bits per heavy atom. The van der Waals surface area contributed by atoms with E-state index < -0.39 is 0 Å². The van der Waals surface area contributed by atoms with Gasteiger partial charge < -0.3 is 10.1 Å². The van der Waals surface area contributed by atoms with Gasteiger partial charge in [-0.05, 0) is 51.1 Å². The Balaban J connectivity index is 2.05. The van der Waals surface area contributed by atoms with Crippen LogP contribution >= 0.6 is 0 Å². The third-order valence-corrected chi connectivity index (χ3v) is 3.88. The Labute approximate surface area is 122 Å². The summed E-state index contributed by atoms with van der Waals surface area (Å²) in [5.41, 5.74) is 3.75. The van der Waals surface area contributed by atoms with Crippen LogP contribution in [0.1, 0.15) is 50.0 Å². The molecule has 1 atom stereocenters. The lowest BCUT2D eigenvalue weighted by Crippen LogP contribution is -2.32. The fourth-order valence-electron chi connectivity index (χ4n) is 2.76. The minimum atomic E-state index is 0.531. The summed E-state index contributed by atoms with van der Waals surface area (Å²) in [6, 6.07) is 0.558. The minimum absolute atomic E-state index is 0.531. The molecule has 20 heavy (non-hydrogen) atoms. The molecule has 1 aromatic rings. The maximum absolute atomic E-state index is 5.42. The molecular weight excluding hydrogens is 250 g/mol. The van der Waals surface area contributed by atoms with Gasteiger partial charge in [0.05, 0.1) is 0 Å². The molecule has 4 nitrogen and oxygen atoms in total. The highest BCUT2D eigenvalue weighted by Crippen LogP contribution is 2.26. The SMILES string of the molecule is CCOCc1nc(C)c2c(n1)CCC(CNC(C)C)C2. The summed E-state index contributed by atoms with van der Waals surface area (Å²) in [6.45, 7) is 10.8. The zero-order chi connectivity index (χ0) is 14.5. The summed E-state index contributed by atoms with van der Waals surface area (Å²) in [5.74, 6) is 1.55. The molecule has 2 rings (SSSR count). The van der Waals surface area contributed by atoms with Gasteiger partial charge in [0.25, 0.3) is 0 Å². The average Bonchev–Trinajstić information content (AvgIpc) is 2.43. The van der Waals surface area contributed by atoms with E-state index in [1.165, 1.54) is 17.7 Å². The van der Waals surface area contributed by atoms with Crippen LogP contribution in [0.4, 0.5) is 0 Å². The molecule has 1 aromatic heterocycles. The van der Waals surface area contributed by atoms with Crippen molar-refractivity contribution in [1.82, 2.24) is 15.3 Å². The van der Waals surface area contributed by atoms with Crippen LogP contribution < -0.4 is 5.32 Å². The number of hydrogen-bond donors (Lipinski definition) is 1. The molecule has 0 saturated carbocycles. The van der Waals surface area contributed by atoms with Crippen molar-refractivity contribution in [2.75, 3.05) is 13.2 Å². The maximum Gasteiger partial charge on any atom is 0.154 e. The van der Waals surface area contributed by atoms with Crippen molar-refractivity contribution >= 4 is 0 Å². The fourth-order valence-corrected chi connectivity index (χ4v) is 2.76. The van der Waals surface area contributed by atoms with E-state index >= 15 is 0 Å². The Hall–Kier alpha value is -1.00.